The maximum Gasteiger partial charge on any atom is 0.255 e. The number of amides is 1. The first-order valence-electron chi connectivity index (χ1n) is 12.0. The Morgan fingerprint density at radius 1 is 0.972 bits per heavy atom. The Morgan fingerprint density at radius 3 is 2.25 bits per heavy atom. The van der Waals surface area contributed by atoms with Gasteiger partial charge in [-0.15, -0.1) is 0 Å². The Balaban J connectivity index is 1.43. The predicted octanol–water partition coefficient (Wildman–Crippen LogP) is 4.39. The van der Waals surface area contributed by atoms with E-state index in [0.717, 1.165) is 42.3 Å². The van der Waals surface area contributed by atoms with Crippen LogP contribution in [0.2, 0.25) is 0 Å². The largest absolute Gasteiger partial charge is 0.397 e. The van der Waals surface area contributed by atoms with E-state index < -0.39 is 0 Å². The molecule has 8 heteroatoms. The van der Waals surface area contributed by atoms with Crippen LogP contribution in [0.4, 0.5) is 21.5 Å². The molecule has 0 aromatic heterocycles. The third kappa shape index (κ3) is 5.76. The van der Waals surface area contributed by atoms with Crippen LogP contribution in [0.5, 0.6) is 0 Å². The normalized spacial score (nSPS) is 14.9. The molecule has 1 aliphatic rings. The zero-order valence-electron chi connectivity index (χ0n) is 21.2. The fraction of sp³-hybridized carbons (Fsp3) is 0.286. The van der Waals surface area contributed by atoms with Gasteiger partial charge in [0.25, 0.3) is 5.91 Å². The Labute approximate surface area is 212 Å². The van der Waals surface area contributed by atoms with Gasteiger partial charge in [0, 0.05) is 52.5 Å². The van der Waals surface area contributed by atoms with E-state index in [0.29, 0.717) is 16.9 Å². The highest BCUT2D eigenvalue weighted by Crippen LogP contribution is 2.28. The van der Waals surface area contributed by atoms with Gasteiger partial charge in [-0.3, -0.25) is 4.79 Å². The maximum absolute atomic E-state index is 13.3. The van der Waals surface area contributed by atoms with E-state index in [1.807, 2.05) is 68.3 Å². The number of halogens is 1. The summed E-state index contributed by atoms with van der Waals surface area (Å²) in [5.41, 5.74) is 10.4. The average molecular weight is 489 g/mol. The minimum Gasteiger partial charge on any atom is -0.397 e. The zero-order valence-corrected chi connectivity index (χ0v) is 21.2. The van der Waals surface area contributed by atoms with Crippen molar-refractivity contribution in [1.82, 2.24) is 9.80 Å². The number of carbonyl (C=O) groups excluding carboxylic acids is 1. The molecule has 4 rings (SSSR count). The van der Waals surface area contributed by atoms with Crippen LogP contribution in [-0.2, 0) is 0 Å². The summed E-state index contributed by atoms with van der Waals surface area (Å²) in [7, 11) is 8.01. The number of hydrogen-bond acceptors (Lipinski definition) is 4. The number of aliphatic imine (C=N–C) groups is 1. The molecule has 0 radical (unpaired) electrons. The van der Waals surface area contributed by atoms with Crippen molar-refractivity contribution in [2.45, 2.75) is 12.5 Å². The first-order valence-corrected chi connectivity index (χ1v) is 12.0. The van der Waals surface area contributed by atoms with Crippen LogP contribution in [0.3, 0.4) is 0 Å². The van der Waals surface area contributed by atoms with Gasteiger partial charge in [-0.2, -0.15) is 0 Å². The molecule has 36 heavy (non-hydrogen) atoms. The summed E-state index contributed by atoms with van der Waals surface area (Å²) in [6.07, 6.45) is 0.983. The number of benzene rings is 3. The molecule has 0 spiro atoms. The fourth-order valence-corrected chi connectivity index (χ4v) is 4.38. The molecule has 1 unspecified atom stereocenters. The molecule has 3 N–H and O–H groups in total. The number of rotatable bonds is 5. The second-order valence-electron chi connectivity index (χ2n) is 9.42. The molecule has 1 atom stereocenters. The molecule has 0 aliphatic carbocycles. The highest BCUT2D eigenvalue weighted by atomic mass is 19.1. The highest BCUT2D eigenvalue weighted by molar-refractivity contribution is 6.06. The van der Waals surface area contributed by atoms with Crippen LogP contribution in [0.1, 0.15) is 16.8 Å². The number of nitrogens with two attached hydrogens (primary N) is 1. The summed E-state index contributed by atoms with van der Waals surface area (Å²) in [4.78, 5) is 24.2. The summed E-state index contributed by atoms with van der Waals surface area (Å²) in [5.74, 6) is 0.418. The summed E-state index contributed by atoms with van der Waals surface area (Å²) < 4.78 is 13.3. The molecule has 0 bridgehead atoms. The van der Waals surface area contributed by atoms with Crippen molar-refractivity contribution in [3.05, 3.63) is 78.1 Å². The van der Waals surface area contributed by atoms with Gasteiger partial charge in [0.2, 0.25) is 0 Å². The van der Waals surface area contributed by atoms with Crippen molar-refractivity contribution in [1.29, 1.82) is 0 Å². The van der Waals surface area contributed by atoms with Gasteiger partial charge in [0.1, 0.15) is 5.82 Å². The molecule has 1 saturated heterocycles. The monoisotopic (exact) mass is 488 g/mol. The molecule has 188 valence electrons. The maximum atomic E-state index is 13.3. The third-order valence-corrected chi connectivity index (χ3v) is 6.24. The average Bonchev–Trinajstić information content (AvgIpc) is 3.33. The molecule has 1 fully saturated rings. The number of anilines is 3. The molecule has 7 nitrogen and oxygen atoms in total. The van der Waals surface area contributed by atoms with Crippen LogP contribution in [0.15, 0.2) is 71.7 Å². The minimum atomic E-state index is -0.296. The number of guanidine groups is 1. The van der Waals surface area contributed by atoms with E-state index in [1.165, 1.54) is 12.1 Å². The molecule has 1 amide bonds. The fourth-order valence-electron chi connectivity index (χ4n) is 4.38. The molecule has 3 aromatic rings. The van der Waals surface area contributed by atoms with Crippen LogP contribution in [0, 0.1) is 5.82 Å². The second kappa shape index (κ2) is 10.7. The van der Waals surface area contributed by atoms with E-state index in [-0.39, 0.29) is 17.8 Å². The summed E-state index contributed by atoms with van der Waals surface area (Å²) in [6.45, 7) is 1.75. The van der Waals surface area contributed by atoms with E-state index >= 15 is 0 Å². The lowest BCUT2D eigenvalue weighted by atomic mass is 10.0. The van der Waals surface area contributed by atoms with Crippen molar-refractivity contribution >= 4 is 28.9 Å². The van der Waals surface area contributed by atoms with Crippen molar-refractivity contribution in [3.8, 4) is 11.1 Å². The molecule has 1 heterocycles. The lowest BCUT2D eigenvalue weighted by Crippen LogP contribution is -2.37. The van der Waals surface area contributed by atoms with Crippen LogP contribution in [0.25, 0.3) is 11.1 Å². The minimum absolute atomic E-state index is 0.226. The van der Waals surface area contributed by atoms with Crippen LogP contribution < -0.4 is 16.0 Å². The first-order chi connectivity index (χ1) is 17.2. The van der Waals surface area contributed by atoms with Gasteiger partial charge >= 0.3 is 0 Å². The van der Waals surface area contributed by atoms with Crippen LogP contribution >= 0.6 is 0 Å². The van der Waals surface area contributed by atoms with Crippen molar-refractivity contribution in [2.75, 3.05) is 57.2 Å². The molecular weight excluding hydrogens is 455 g/mol. The van der Waals surface area contributed by atoms with E-state index in [2.05, 4.69) is 10.2 Å². The number of carbonyl (C=O) groups is 1. The summed E-state index contributed by atoms with van der Waals surface area (Å²) >= 11 is 0. The molecule has 0 saturated carbocycles. The zero-order chi connectivity index (χ0) is 25.8. The highest BCUT2D eigenvalue weighted by Gasteiger charge is 2.24. The smallest absolute Gasteiger partial charge is 0.255 e. The predicted molar refractivity (Wildman–Crippen MR) is 146 cm³/mol. The van der Waals surface area contributed by atoms with Gasteiger partial charge in [-0.1, -0.05) is 18.2 Å². The Morgan fingerprint density at radius 2 is 1.61 bits per heavy atom. The lowest BCUT2D eigenvalue weighted by molar-refractivity contribution is 0.102. The third-order valence-electron chi connectivity index (χ3n) is 6.24. The van der Waals surface area contributed by atoms with Crippen molar-refractivity contribution < 1.29 is 9.18 Å². The summed E-state index contributed by atoms with van der Waals surface area (Å²) in [5, 5.41) is 2.91. The van der Waals surface area contributed by atoms with Crippen molar-refractivity contribution in [3.63, 3.8) is 0 Å². The SMILES string of the molecule is CN(C)C(=NC1CCN(c2ccc(C(=O)Nc3cc(-c4ccc(F)cc4)ccc3N)cc2)C1)N(C)C. The van der Waals surface area contributed by atoms with E-state index in [9.17, 15) is 9.18 Å². The van der Waals surface area contributed by atoms with Gasteiger partial charge in [0.05, 0.1) is 17.4 Å². The Kier molecular flexibility index (Phi) is 7.43. The summed E-state index contributed by atoms with van der Waals surface area (Å²) in [6, 6.07) is 19.4. The van der Waals surface area contributed by atoms with Gasteiger partial charge in [-0.25, -0.2) is 9.38 Å². The number of nitrogen functional groups attached to an aromatic ring is 1. The second-order valence-corrected chi connectivity index (χ2v) is 9.42. The lowest BCUT2D eigenvalue weighted by Gasteiger charge is -2.24. The van der Waals surface area contributed by atoms with Gasteiger partial charge < -0.3 is 25.8 Å². The van der Waals surface area contributed by atoms with Crippen molar-refractivity contribution in [2.24, 2.45) is 4.99 Å². The van der Waals surface area contributed by atoms with E-state index in [4.69, 9.17) is 10.7 Å². The number of nitrogens with zero attached hydrogens (tertiary/aromatic N) is 4. The number of nitrogens with one attached hydrogen (secondary N) is 1. The standard InChI is InChI=1S/C28H33FN6O/c1-33(2)28(34(3)4)31-23-15-16-35(18-23)24-12-7-20(8-13-24)27(36)32-26-17-21(9-14-25(26)30)19-5-10-22(29)11-6-19/h5-14,17,23H,15-16,18,30H2,1-4H3,(H,32,36). The number of hydrogen-bond donors (Lipinski definition) is 2. The van der Waals surface area contributed by atoms with E-state index in [1.54, 1.807) is 24.3 Å². The Bertz CT molecular complexity index is 1230. The molecular formula is C28H33FN6O. The Hall–Kier alpha value is -4.07. The van der Waals surface area contributed by atoms with Crippen LogP contribution in [-0.4, -0.2) is 69.0 Å². The first kappa shape index (κ1) is 25.0. The van der Waals surface area contributed by atoms with Gasteiger partial charge in [-0.05, 0) is 66.1 Å². The quantitative estimate of drug-likeness (QED) is 0.317. The topological polar surface area (TPSA) is 77.2 Å². The van der Waals surface area contributed by atoms with Gasteiger partial charge in [0.15, 0.2) is 5.96 Å². The molecule has 3 aromatic carbocycles. The molecule has 1 aliphatic heterocycles.